The summed E-state index contributed by atoms with van der Waals surface area (Å²) in [5.41, 5.74) is 4.03. The first-order valence-corrected chi connectivity index (χ1v) is 7.95. The predicted octanol–water partition coefficient (Wildman–Crippen LogP) is 2.87. The smallest absolute Gasteiger partial charge is 0.252 e. The van der Waals surface area contributed by atoms with Gasteiger partial charge in [-0.25, -0.2) is 9.82 Å². The average Bonchev–Trinajstić information content (AvgIpc) is 2.64. The van der Waals surface area contributed by atoms with Gasteiger partial charge < -0.3 is 10.1 Å². The van der Waals surface area contributed by atoms with Crippen LogP contribution in [0.25, 0.3) is 0 Å². The van der Waals surface area contributed by atoms with Crippen LogP contribution in [0.5, 0.6) is 5.75 Å². The first-order chi connectivity index (χ1) is 12.4. The van der Waals surface area contributed by atoms with Crippen LogP contribution in [0.15, 0.2) is 47.6 Å². The van der Waals surface area contributed by atoms with Crippen LogP contribution in [0.2, 0.25) is 0 Å². The number of nitrogens with zero attached hydrogens (tertiary/aromatic N) is 1. The molecule has 0 aromatic heterocycles. The standard InChI is InChI=1S/C19H20FN3O3/c1-12-8-9-14(10-17(12)26-3)11-21-23-19(25)13(2)18(24)22-16-7-5-4-6-15(16)20/h4-11,13H,1-3H3,(H,22,24)(H,23,25). The van der Waals surface area contributed by atoms with Crippen LogP contribution >= 0.6 is 0 Å². The van der Waals surface area contributed by atoms with Crippen LogP contribution in [0.1, 0.15) is 18.1 Å². The normalized spacial score (nSPS) is 11.8. The fourth-order valence-corrected chi connectivity index (χ4v) is 2.11. The lowest BCUT2D eigenvalue weighted by Crippen LogP contribution is -2.34. The number of hydrogen-bond acceptors (Lipinski definition) is 4. The Kier molecular flexibility index (Phi) is 6.43. The van der Waals surface area contributed by atoms with E-state index in [2.05, 4.69) is 15.8 Å². The number of hydrazone groups is 1. The van der Waals surface area contributed by atoms with E-state index in [1.165, 1.54) is 31.3 Å². The molecule has 2 N–H and O–H groups in total. The lowest BCUT2D eigenvalue weighted by molar-refractivity contribution is -0.131. The molecule has 0 aliphatic carbocycles. The number of benzene rings is 2. The molecular formula is C19H20FN3O3. The summed E-state index contributed by atoms with van der Waals surface area (Å²) in [6, 6.07) is 11.2. The van der Waals surface area contributed by atoms with Gasteiger partial charge in [0.05, 0.1) is 19.0 Å². The molecule has 1 unspecified atom stereocenters. The molecule has 0 saturated heterocycles. The number of aryl methyl sites for hydroxylation is 1. The fraction of sp³-hybridized carbons (Fsp3) is 0.211. The molecule has 1 atom stereocenters. The maximum Gasteiger partial charge on any atom is 0.252 e. The quantitative estimate of drug-likeness (QED) is 0.474. The number of carbonyl (C=O) groups is 2. The Balaban J connectivity index is 1.94. The number of halogens is 1. The van der Waals surface area contributed by atoms with E-state index in [9.17, 15) is 14.0 Å². The summed E-state index contributed by atoms with van der Waals surface area (Å²) in [6.45, 7) is 3.33. The molecule has 2 rings (SSSR count). The Labute approximate surface area is 151 Å². The van der Waals surface area contributed by atoms with E-state index in [0.717, 1.165) is 11.1 Å². The van der Waals surface area contributed by atoms with E-state index >= 15 is 0 Å². The van der Waals surface area contributed by atoms with Gasteiger partial charge in [0.15, 0.2) is 0 Å². The second-order valence-corrected chi connectivity index (χ2v) is 5.65. The summed E-state index contributed by atoms with van der Waals surface area (Å²) in [7, 11) is 1.57. The summed E-state index contributed by atoms with van der Waals surface area (Å²) >= 11 is 0. The Hall–Kier alpha value is -3.22. The highest BCUT2D eigenvalue weighted by Gasteiger charge is 2.22. The zero-order valence-corrected chi connectivity index (χ0v) is 14.7. The lowest BCUT2D eigenvalue weighted by atomic mass is 10.1. The minimum atomic E-state index is -1.04. The van der Waals surface area contributed by atoms with Crippen molar-refractivity contribution in [1.29, 1.82) is 0 Å². The molecule has 6 nitrogen and oxygen atoms in total. The third kappa shape index (κ3) is 4.89. The fourth-order valence-electron chi connectivity index (χ4n) is 2.11. The summed E-state index contributed by atoms with van der Waals surface area (Å²) in [5, 5.41) is 6.22. The minimum Gasteiger partial charge on any atom is -0.496 e. The van der Waals surface area contributed by atoms with Crippen LogP contribution < -0.4 is 15.5 Å². The van der Waals surface area contributed by atoms with Crippen molar-refractivity contribution in [2.24, 2.45) is 11.0 Å². The van der Waals surface area contributed by atoms with E-state index in [1.54, 1.807) is 19.2 Å². The molecule has 2 aromatic rings. The SMILES string of the molecule is COc1cc(C=NNC(=O)C(C)C(=O)Nc2ccccc2F)ccc1C. The number of hydrogen-bond donors (Lipinski definition) is 2. The van der Waals surface area contributed by atoms with E-state index in [1.807, 2.05) is 19.1 Å². The van der Waals surface area contributed by atoms with Crippen LogP contribution in [0, 0.1) is 18.7 Å². The number of nitrogens with one attached hydrogen (secondary N) is 2. The van der Waals surface area contributed by atoms with Gasteiger partial charge in [0, 0.05) is 0 Å². The van der Waals surface area contributed by atoms with Gasteiger partial charge >= 0.3 is 0 Å². The van der Waals surface area contributed by atoms with Gasteiger partial charge in [0.25, 0.3) is 5.91 Å². The summed E-state index contributed by atoms with van der Waals surface area (Å²) in [6.07, 6.45) is 1.45. The van der Waals surface area contributed by atoms with Gasteiger partial charge in [0.1, 0.15) is 17.5 Å². The average molecular weight is 357 g/mol. The maximum atomic E-state index is 13.5. The highest BCUT2D eigenvalue weighted by atomic mass is 19.1. The first-order valence-electron chi connectivity index (χ1n) is 7.95. The van der Waals surface area contributed by atoms with E-state index in [0.29, 0.717) is 5.75 Å². The van der Waals surface area contributed by atoms with E-state index < -0.39 is 23.5 Å². The lowest BCUT2D eigenvalue weighted by Gasteiger charge is -2.11. The van der Waals surface area contributed by atoms with Gasteiger partial charge in [-0.1, -0.05) is 24.3 Å². The summed E-state index contributed by atoms with van der Waals surface area (Å²) in [5.74, 6) is -2.13. The molecule has 0 heterocycles. The molecule has 2 aromatic carbocycles. The van der Waals surface area contributed by atoms with Crippen molar-refractivity contribution in [2.75, 3.05) is 12.4 Å². The van der Waals surface area contributed by atoms with Crippen molar-refractivity contribution in [2.45, 2.75) is 13.8 Å². The molecule has 0 bridgehead atoms. The molecule has 0 radical (unpaired) electrons. The number of para-hydroxylation sites is 1. The second kappa shape index (κ2) is 8.75. The molecular weight excluding hydrogens is 337 g/mol. The largest absolute Gasteiger partial charge is 0.496 e. The van der Waals surface area contributed by atoms with Crippen LogP contribution in [-0.2, 0) is 9.59 Å². The third-order valence-electron chi connectivity index (χ3n) is 3.74. The van der Waals surface area contributed by atoms with Gasteiger partial charge in [0.2, 0.25) is 5.91 Å². The first kappa shape index (κ1) is 19.1. The Morgan fingerprint density at radius 1 is 1.19 bits per heavy atom. The Bertz CT molecular complexity index is 837. The molecule has 0 aliphatic rings. The van der Waals surface area contributed by atoms with E-state index in [-0.39, 0.29) is 5.69 Å². The van der Waals surface area contributed by atoms with Crippen LogP contribution in [0.3, 0.4) is 0 Å². The Morgan fingerprint density at radius 2 is 1.92 bits per heavy atom. The highest BCUT2D eigenvalue weighted by molar-refractivity contribution is 6.06. The highest BCUT2D eigenvalue weighted by Crippen LogP contribution is 2.18. The number of rotatable bonds is 6. The number of ether oxygens (including phenoxy) is 1. The third-order valence-corrected chi connectivity index (χ3v) is 3.74. The molecule has 0 fully saturated rings. The minimum absolute atomic E-state index is 0.0207. The predicted molar refractivity (Wildman–Crippen MR) is 97.7 cm³/mol. The van der Waals surface area contributed by atoms with Crippen molar-refractivity contribution < 1.29 is 18.7 Å². The zero-order chi connectivity index (χ0) is 19.1. The van der Waals surface area contributed by atoms with Crippen LogP contribution in [0.4, 0.5) is 10.1 Å². The number of methoxy groups -OCH3 is 1. The van der Waals surface area contributed by atoms with Gasteiger partial charge in [-0.05, 0) is 43.2 Å². The van der Waals surface area contributed by atoms with E-state index in [4.69, 9.17) is 4.74 Å². The van der Waals surface area contributed by atoms with Crippen molar-refractivity contribution in [1.82, 2.24) is 5.43 Å². The molecule has 136 valence electrons. The van der Waals surface area contributed by atoms with Crippen molar-refractivity contribution in [3.63, 3.8) is 0 Å². The zero-order valence-electron chi connectivity index (χ0n) is 14.7. The topological polar surface area (TPSA) is 79.8 Å². The number of amides is 2. The molecule has 0 spiro atoms. The maximum absolute atomic E-state index is 13.5. The molecule has 0 saturated carbocycles. The van der Waals surface area contributed by atoms with Gasteiger partial charge in [-0.2, -0.15) is 5.10 Å². The molecule has 2 amide bonds. The van der Waals surface area contributed by atoms with Crippen molar-refractivity contribution in [3.05, 3.63) is 59.4 Å². The number of carbonyl (C=O) groups excluding carboxylic acids is 2. The number of anilines is 1. The van der Waals surface area contributed by atoms with Crippen LogP contribution in [-0.4, -0.2) is 25.1 Å². The van der Waals surface area contributed by atoms with Crippen molar-refractivity contribution >= 4 is 23.7 Å². The Morgan fingerprint density at radius 3 is 2.62 bits per heavy atom. The summed E-state index contributed by atoms with van der Waals surface area (Å²) < 4.78 is 18.8. The van der Waals surface area contributed by atoms with Crippen molar-refractivity contribution in [3.8, 4) is 5.75 Å². The molecule has 26 heavy (non-hydrogen) atoms. The molecule has 7 heteroatoms. The summed E-state index contributed by atoms with van der Waals surface area (Å²) in [4.78, 5) is 24.1. The second-order valence-electron chi connectivity index (χ2n) is 5.65. The molecule has 0 aliphatic heterocycles. The monoisotopic (exact) mass is 357 g/mol. The van der Waals surface area contributed by atoms with Gasteiger partial charge in [-0.15, -0.1) is 0 Å². The van der Waals surface area contributed by atoms with Gasteiger partial charge in [-0.3, -0.25) is 9.59 Å².